The third-order valence-corrected chi connectivity index (χ3v) is 2.36. The molecule has 0 radical (unpaired) electrons. The molecule has 2 rings (SSSR count). The number of hydrogen-bond donors (Lipinski definition) is 2. The first kappa shape index (κ1) is 8.50. The number of hydrogen-bond acceptors (Lipinski definition) is 2. The molecule has 4 nitrogen and oxygen atoms in total. The lowest BCUT2D eigenvalue weighted by atomic mass is 10.1. The summed E-state index contributed by atoms with van der Waals surface area (Å²) in [4.78, 5) is 14.9. The van der Waals surface area contributed by atoms with Crippen LogP contribution in [0.1, 0.15) is 11.6 Å². The van der Waals surface area contributed by atoms with E-state index in [0.717, 1.165) is 10.2 Å². The molecule has 1 fully saturated rings. The number of urea groups is 1. The van der Waals surface area contributed by atoms with Crippen LogP contribution in [0.25, 0.3) is 0 Å². The van der Waals surface area contributed by atoms with Gasteiger partial charge >= 0.3 is 6.03 Å². The number of rotatable bonds is 1. The molecule has 1 aliphatic heterocycles. The molecule has 0 bridgehead atoms. The Bertz CT molecular complexity index is 342. The molecule has 0 spiro atoms. The molecule has 2 N–H and O–H groups in total. The van der Waals surface area contributed by atoms with Crippen LogP contribution in [0, 0.1) is 0 Å². The average Bonchev–Trinajstić information content (AvgIpc) is 2.52. The van der Waals surface area contributed by atoms with Crippen molar-refractivity contribution in [2.24, 2.45) is 0 Å². The zero-order chi connectivity index (χ0) is 9.26. The predicted molar refractivity (Wildman–Crippen MR) is 51.2 cm³/mol. The molecule has 1 aromatic rings. The predicted octanol–water partition coefficient (Wildman–Crippen LogP) is 1.20. The molecule has 2 amide bonds. The molecule has 0 aliphatic carbocycles. The lowest BCUT2D eigenvalue weighted by molar-refractivity contribution is 0.247. The van der Waals surface area contributed by atoms with E-state index in [0.29, 0.717) is 6.54 Å². The lowest BCUT2D eigenvalue weighted by Crippen LogP contribution is -2.21. The van der Waals surface area contributed by atoms with Crippen molar-refractivity contribution in [3.8, 4) is 0 Å². The molecule has 2 heterocycles. The van der Waals surface area contributed by atoms with Crippen LogP contribution in [0.5, 0.6) is 0 Å². The minimum atomic E-state index is -0.113. The van der Waals surface area contributed by atoms with Crippen molar-refractivity contribution in [3.63, 3.8) is 0 Å². The number of pyridine rings is 1. The number of halogens is 1. The van der Waals surface area contributed by atoms with E-state index in [2.05, 4.69) is 31.5 Å². The van der Waals surface area contributed by atoms with Crippen molar-refractivity contribution in [1.29, 1.82) is 0 Å². The van der Waals surface area contributed by atoms with E-state index in [1.165, 1.54) is 0 Å². The molecular formula is C8H8BrN3O. The second kappa shape index (κ2) is 3.33. The van der Waals surface area contributed by atoms with Crippen LogP contribution >= 0.6 is 15.9 Å². The summed E-state index contributed by atoms with van der Waals surface area (Å²) in [5.74, 6) is 0. The summed E-state index contributed by atoms with van der Waals surface area (Å²) in [6, 6.07) is 3.74. The van der Waals surface area contributed by atoms with Crippen LogP contribution in [-0.4, -0.2) is 17.6 Å². The molecule has 13 heavy (non-hydrogen) atoms. The number of carbonyl (C=O) groups excluding carboxylic acids is 1. The molecule has 1 aromatic heterocycles. The van der Waals surface area contributed by atoms with Gasteiger partial charge in [0.2, 0.25) is 0 Å². The Balaban J connectivity index is 2.21. The second-order valence-electron chi connectivity index (χ2n) is 2.82. The Morgan fingerprint density at radius 3 is 3.08 bits per heavy atom. The summed E-state index contributed by atoms with van der Waals surface area (Å²) >= 11 is 3.28. The number of aromatic nitrogens is 1. The minimum Gasteiger partial charge on any atom is -0.336 e. The zero-order valence-electron chi connectivity index (χ0n) is 6.75. The Morgan fingerprint density at radius 1 is 1.62 bits per heavy atom. The fourth-order valence-electron chi connectivity index (χ4n) is 1.29. The molecule has 1 aliphatic rings. The third kappa shape index (κ3) is 1.80. The van der Waals surface area contributed by atoms with Gasteiger partial charge in [0.15, 0.2) is 0 Å². The van der Waals surface area contributed by atoms with Gasteiger partial charge in [0.25, 0.3) is 0 Å². The number of nitrogens with zero attached hydrogens (tertiary/aromatic N) is 1. The highest BCUT2D eigenvalue weighted by Crippen LogP contribution is 2.17. The second-order valence-corrected chi connectivity index (χ2v) is 3.63. The van der Waals surface area contributed by atoms with Gasteiger partial charge in [-0.1, -0.05) is 0 Å². The topological polar surface area (TPSA) is 54.0 Å². The van der Waals surface area contributed by atoms with Crippen molar-refractivity contribution in [3.05, 3.63) is 28.5 Å². The lowest BCUT2D eigenvalue weighted by Gasteiger charge is -2.07. The zero-order valence-corrected chi connectivity index (χ0v) is 8.34. The normalized spacial score (nSPS) is 21.0. The Hall–Kier alpha value is -1.10. The monoisotopic (exact) mass is 241 g/mol. The van der Waals surface area contributed by atoms with Crippen LogP contribution in [0.3, 0.4) is 0 Å². The molecule has 68 valence electrons. The van der Waals surface area contributed by atoms with Gasteiger partial charge in [-0.25, -0.2) is 9.78 Å². The van der Waals surface area contributed by atoms with E-state index in [4.69, 9.17) is 0 Å². The van der Waals surface area contributed by atoms with Gasteiger partial charge in [-0.05, 0) is 33.6 Å². The summed E-state index contributed by atoms with van der Waals surface area (Å²) in [7, 11) is 0. The van der Waals surface area contributed by atoms with Crippen LogP contribution in [-0.2, 0) is 0 Å². The van der Waals surface area contributed by atoms with Crippen LogP contribution in [0.4, 0.5) is 4.79 Å². The fraction of sp³-hybridized carbons (Fsp3) is 0.250. The molecule has 0 saturated carbocycles. The Morgan fingerprint density at radius 2 is 2.46 bits per heavy atom. The van der Waals surface area contributed by atoms with E-state index >= 15 is 0 Å². The fourth-order valence-corrected chi connectivity index (χ4v) is 1.67. The summed E-state index contributed by atoms with van der Waals surface area (Å²) in [6.07, 6.45) is 1.71. The standard InChI is InChI=1S/C8H8BrN3O/c9-7-3-5(1-2-10-7)6-4-11-8(13)12-6/h1-3,6H,4H2,(H2,11,12,13). The first-order valence-electron chi connectivity index (χ1n) is 3.91. The minimum absolute atomic E-state index is 0.0619. The van der Waals surface area contributed by atoms with Crippen molar-refractivity contribution in [1.82, 2.24) is 15.6 Å². The highest BCUT2D eigenvalue weighted by atomic mass is 79.9. The van der Waals surface area contributed by atoms with E-state index in [9.17, 15) is 4.79 Å². The van der Waals surface area contributed by atoms with Crippen LogP contribution in [0.2, 0.25) is 0 Å². The van der Waals surface area contributed by atoms with Gasteiger partial charge in [0.1, 0.15) is 4.60 Å². The van der Waals surface area contributed by atoms with Crippen LogP contribution in [0.15, 0.2) is 22.9 Å². The molecule has 5 heteroatoms. The SMILES string of the molecule is O=C1NCC(c2ccnc(Br)c2)N1. The van der Waals surface area contributed by atoms with Gasteiger partial charge in [-0.3, -0.25) is 0 Å². The summed E-state index contributed by atoms with van der Waals surface area (Å²) in [5, 5.41) is 5.50. The first-order chi connectivity index (χ1) is 6.25. The first-order valence-corrected chi connectivity index (χ1v) is 4.71. The molecule has 1 saturated heterocycles. The number of nitrogens with one attached hydrogen (secondary N) is 2. The van der Waals surface area contributed by atoms with Gasteiger partial charge in [0.05, 0.1) is 6.04 Å². The van der Waals surface area contributed by atoms with E-state index in [1.807, 2.05) is 12.1 Å². The van der Waals surface area contributed by atoms with Crippen molar-refractivity contribution < 1.29 is 4.79 Å². The maximum Gasteiger partial charge on any atom is 0.315 e. The average molecular weight is 242 g/mol. The van der Waals surface area contributed by atoms with Gasteiger partial charge in [-0.2, -0.15) is 0 Å². The summed E-state index contributed by atoms with van der Waals surface area (Å²) in [6.45, 7) is 0.634. The van der Waals surface area contributed by atoms with Gasteiger partial charge in [0, 0.05) is 12.7 Å². The third-order valence-electron chi connectivity index (χ3n) is 1.93. The summed E-state index contributed by atoms with van der Waals surface area (Å²) < 4.78 is 0.783. The van der Waals surface area contributed by atoms with Gasteiger partial charge in [-0.15, -0.1) is 0 Å². The van der Waals surface area contributed by atoms with E-state index in [-0.39, 0.29) is 12.1 Å². The molecule has 1 atom stereocenters. The Kier molecular flexibility index (Phi) is 2.18. The largest absolute Gasteiger partial charge is 0.336 e. The highest BCUT2D eigenvalue weighted by molar-refractivity contribution is 9.10. The molecule has 0 aromatic carbocycles. The highest BCUT2D eigenvalue weighted by Gasteiger charge is 2.21. The van der Waals surface area contributed by atoms with Crippen molar-refractivity contribution in [2.45, 2.75) is 6.04 Å². The maximum atomic E-state index is 10.9. The van der Waals surface area contributed by atoms with E-state index in [1.54, 1.807) is 6.20 Å². The van der Waals surface area contributed by atoms with Crippen molar-refractivity contribution in [2.75, 3.05) is 6.54 Å². The number of amides is 2. The quantitative estimate of drug-likeness (QED) is 0.727. The van der Waals surface area contributed by atoms with E-state index < -0.39 is 0 Å². The Labute approximate surface area is 83.9 Å². The van der Waals surface area contributed by atoms with Gasteiger partial charge < -0.3 is 10.6 Å². The summed E-state index contributed by atoms with van der Waals surface area (Å²) in [5.41, 5.74) is 1.06. The van der Waals surface area contributed by atoms with Crippen molar-refractivity contribution >= 4 is 22.0 Å². The smallest absolute Gasteiger partial charge is 0.315 e. The maximum absolute atomic E-state index is 10.9. The number of carbonyl (C=O) groups is 1. The van der Waals surface area contributed by atoms with Crippen LogP contribution < -0.4 is 10.6 Å². The molecule has 1 unspecified atom stereocenters. The molecular weight excluding hydrogens is 234 g/mol.